The molecular formula is C10H18N2O. The van der Waals surface area contributed by atoms with E-state index in [0.29, 0.717) is 12.5 Å². The van der Waals surface area contributed by atoms with Gasteiger partial charge >= 0.3 is 0 Å². The fourth-order valence-electron chi connectivity index (χ4n) is 1.69. The highest BCUT2D eigenvalue weighted by Crippen LogP contribution is 2.40. The maximum absolute atomic E-state index is 9.46. The molecule has 1 rings (SSSR count). The van der Waals surface area contributed by atoms with Gasteiger partial charge in [-0.2, -0.15) is 5.26 Å². The summed E-state index contributed by atoms with van der Waals surface area (Å²) in [6, 6.07) is 2.54. The SMILES string of the molecule is CC1(C)C(O)CC1NCCCC#N. The normalized spacial score (nSPS) is 30.6. The molecule has 0 heterocycles. The highest BCUT2D eigenvalue weighted by Gasteiger charge is 2.46. The molecule has 3 nitrogen and oxygen atoms in total. The van der Waals surface area contributed by atoms with Gasteiger partial charge in [-0.25, -0.2) is 0 Å². The van der Waals surface area contributed by atoms with Crippen LogP contribution in [0.4, 0.5) is 0 Å². The predicted octanol–water partition coefficient (Wildman–Crippen LogP) is 1.04. The lowest BCUT2D eigenvalue weighted by Crippen LogP contribution is -2.60. The molecule has 0 saturated heterocycles. The van der Waals surface area contributed by atoms with Crippen molar-refractivity contribution < 1.29 is 5.11 Å². The molecule has 0 aromatic heterocycles. The average Bonchev–Trinajstić information content (AvgIpc) is 2.10. The van der Waals surface area contributed by atoms with E-state index in [1.165, 1.54) is 0 Å². The van der Waals surface area contributed by atoms with Crippen molar-refractivity contribution in [2.24, 2.45) is 5.41 Å². The Morgan fingerprint density at radius 2 is 2.31 bits per heavy atom. The molecular weight excluding hydrogens is 164 g/mol. The highest BCUT2D eigenvalue weighted by molar-refractivity contribution is 5.01. The van der Waals surface area contributed by atoms with Crippen LogP contribution in [0.1, 0.15) is 33.1 Å². The number of unbranched alkanes of at least 4 members (excludes halogenated alkanes) is 1. The molecule has 0 aliphatic heterocycles. The summed E-state index contributed by atoms with van der Waals surface area (Å²) in [6.07, 6.45) is 2.20. The second kappa shape index (κ2) is 4.08. The topological polar surface area (TPSA) is 56.0 Å². The Kier molecular flexibility index (Phi) is 3.29. The monoisotopic (exact) mass is 182 g/mol. The Morgan fingerprint density at radius 3 is 2.77 bits per heavy atom. The Labute approximate surface area is 79.8 Å². The van der Waals surface area contributed by atoms with Crippen molar-refractivity contribution in [1.29, 1.82) is 5.26 Å². The van der Waals surface area contributed by atoms with E-state index in [1.807, 2.05) is 0 Å². The van der Waals surface area contributed by atoms with Crippen molar-refractivity contribution in [2.45, 2.75) is 45.3 Å². The summed E-state index contributed by atoms with van der Waals surface area (Å²) >= 11 is 0. The van der Waals surface area contributed by atoms with Crippen LogP contribution in [-0.4, -0.2) is 23.8 Å². The molecule has 3 heteroatoms. The number of rotatable bonds is 4. The molecule has 1 fully saturated rings. The summed E-state index contributed by atoms with van der Waals surface area (Å²) in [5, 5.41) is 21.1. The van der Waals surface area contributed by atoms with Crippen LogP contribution < -0.4 is 5.32 Å². The van der Waals surface area contributed by atoms with Gasteiger partial charge < -0.3 is 10.4 Å². The molecule has 2 atom stereocenters. The minimum absolute atomic E-state index is 0.00659. The summed E-state index contributed by atoms with van der Waals surface area (Å²) in [5.41, 5.74) is 0.00659. The summed E-state index contributed by atoms with van der Waals surface area (Å²) in [4.78, 5) is 0. The minimum atomic E-state index is -0.166. The fraction of sp³-hybridized carbons (Fsp3) is 0.900. The average molecular weight is 182 g/mol. The number of hydrogen-bond acceptors (Lipinski definition) is 3. The van der Waals surface area contributed by atoms with Crippen LogP contribution >= 0.6 is 0 Å². The van der Waals surface area contributed by atoms with Crippen LogP contribution in [0.15, 0.2) is 0 Å². The van der Waals surface area contributed by atoms with Gasteiger partial charge in [0.05, 0.1) is 12.2 Å². The number of nitrogens with one attached hydrogen (secondary N) is 1. The second-order valence-corrected chi connectivity index (χ2v) is 4.34. The third kappa shape index (κ3) is 2.20. The van der Waals surface area contributed by atoms with Gasteiger partial charge in [0.15, 0.2) is 0 Å². The van der Waals surface area contributed by atoms with Crippen LogP contribution in [0.5, 0.6) is 0 Å². The summed E-state index contributed by atoms with van der Waals surface area (Å²) in [5.74, 6) is 0. The number of aliphatic hydroxyl groups is 1. The van der Waals surface area contributed by atoms with E-state index >= 15 is 0 Å². The van der Waals surface area contributed by atoms with Gasteiger partial charge in [-0.15, -0.1) is 0 Å². The van der Waals surface area contributed by atoms with E-state index in [1.54, 1.807) is 0 Å². The summed E-state index contributed by atoms with van der Waals surface area (Å²) in [6.45, 7) is 5.03. The van der Waals surface area contributed by atoms with Gasteiger partial charge in [0, 0.05) is 17.9 Å². The van der Waals surface area contributed by atoms with Crippen molar-refractivity contribution in [3.05, 3.63) is 0 Å². The molecule has 0 aromatic rings. The van der Waals surface area contributed by atoms with Crippen LogP contribution in [0, 0.1) is 16.7 Å². The lowest BCUT2D eigenvalue weighted by molar-refractivity contribution is -0.0722. The number of aliphatic hydroxyl groups excluding tert-OH is 1. The maximum Gasteiger partial charge on any atom is 0.0622 e. The minimum Gasteiger partial charge on any atom is -0.392 e. The zero-order valence-electron chi connectivity index (χ0n) is 8.38. The molecule has 1 aliphatic carbocycles. The molecule has 2 N–H and O–H groups in total. The first-order valence-electron chi connectivity index (χ1n) is 4.87. The quantitative estimate of drug-likeness (QED) is 0.639. The van der Waals surface area contributed by atoms with Crippen molar-refractivity contribution >= 4 is 0 Å². The van der Waals surface area contributed by atoms with Gasteiger partial charge in [-0.1, -0.05) is 13.8 Å². The molecule has 2 unspecified atom stereocenters. The van der Waals surface area contributed by atoms with Gasteiger partial charge in [-0.05, 0) is 19.4 Å². The second-order valence-electron chi connectivity index (χ2n) is 4.34. The number of nitrogens with zero attached hydrogens (tertiary/aromatic N) is 1. The number of nitriles is 1. The Bertz CT molecular complexity index is 207. The smallest absolute Gasteiger partial charge is 0.0622 e. The molecule has 74 valence electrons. The third-order valence-electron chi connectivity index (χ3n) is 3.07. The van der Waals surface area contributed by atoms with E-state index in [4.69, 9.17) is 5.26 Å². The fourth-order valence-corrected chi connectivity index (χ4v) is 1.69. The Balaban J connectivity index is 2.15. The van der Waals surface area contributed by atoms with Crippen LogP contribution in [0.3, 0.4) is 0 Å². The molecule has 0 spiro atoms. The largest absolute Gasteiger partial charge is 0.392 e. The molecule has 13 heavy (non-hydrogen) atoms. The molecule has 1 saturated carbocycles. The predicted molar refractivity (Wildman–Crippen MR) is 51.0 cm³/mol. The lowest BCUT2D eigenvalue weighted by Gasteiger charge is -2.49. The van der Waals surface area contributed by atoms with E-state index in [0.717, 1.165) is 19.4 Å². The van der Waals surface area contributed by atoms with E-state index in [2.05, 4.69) is 25.2 Å². The molecule has 1 aliphatic rings. The maximum atomic E-state index is 9.46. The van der Waals surface area contributed by atoms with E-state index in [-0.39, 0.29) is 11.5 Å². The van der Waals surface area contributed by atoms with Gasteiger partial charge in [0.2, 0.25) is 0 Å². The lowest BCUT2D eigenvalue weighted by atomic mass is 9.64. The van der Waals surface area contributed by atoms with Gasteiger partial charge in [-0.3, -0.25) is 0 Å². The standard InChI is InChI=1S/C10H18N2O/c1-10(2)8(7-9(10)13)12-6-4-3-5-11/h8-9,12-13H,3-4,6-7H2,1-2H3. The molecule has 0 radical (unpaired) electrons. The van der Waals surface area contributed by atoms with Crippen LogP contribution in [0.2, 0.25) is 0 Å². The van der Waals surface area contributed by atoms with Crippen molar-refractivity contribution in [2.75, 3.05) is 6.54 Å². The van der Waals surface area contributed by atoms with Gasteiger partial charge in [0.25, 0.3) is 0 Å². The molecule has 0 amide bonds. The van der Waals surface area contributed by atoms with Crippen molar-refractivity contribution in [3.63, 3.8) is 0 Å². The zero-order chi connectivity index (χ0) is 9.90. The van der Waals surface area contributed by atoms with Crippen LogP contribution in [-0.2, 0) is 0 Å². The summed E-state index contributed by atoms with van der Waals surface area (Å²) < 4.78 is 0. The third-order valence-corrected chi connectivity index (χ3v) is 3.07. The van der Waals surface area contributed by atoms with Gasteiger partial charge in [0.1, 0.15) is 0 Å². The zero-order valence-corrected chi connectivity index (χ0v) is 8.38. The van der Waals surface area contributed by atoms with Crippen molar-refractivity contribution in [1.82, 2.24) is 5.32 Å². The molecule has 0 bridgehead atoms. The Morgan fingerprint density at radius 1 is 1.62 bits per heavy atom. The van der Waals surface area contributed by atoms with E-state index in [9.17, 15) is 5.11 Å². The highest BCUT2D eigenvalue weighted by atomic mass is 16.3. The van der Waals surface area contributed by atoms with Crippen LogP contribution in [0.25, 0.3) is 0 Å². The summed E-state index contributed by atoms with van der Waals surface area (Å²) in [7, 11) is 0. The Hall–Kier alpha value is -0.590. The van der Waals surface area contributed by atoms with Crippen molar-refractivity contribution in [3.8, 4) is 6.07 Å². The number of hydrogen-bond donors (Lipinski definition) is 2. The first-order chi connectivity index (χ1) is 6.09. The van der Waals surface area contributed by atoms with E-state index < -0.39 is 0 Å². The first-order valence-corrected chi connectivity index (χ1v) is 4.87. The molecule has 0 aromatic carbocycles. The first kappa shape index (κ1) is 10.5.